The van der Waals surface area contributed by atoms with Crippen molar-refractivity contribution in [2.24, 2.45) is 0 Å². The molecule has 4 heteroatoms. The molecule has 5 aliphatic carbocycles. The number of rotatable bonds is 8. The quantitative estimate of drug-likeness (QED) is 0.112. The minimum atomic E-state index is -1.32. The standard InChI is InChI=1S/C70H20O4/c1-5-71-69(72-6-2)67-63-55-47-37-27-19-11-9-10-13-17-15(11)23-31-25(17)35-29-21(13)22-14(10)18-16-12(9)20(19)28-34-24(16)32-26(18)36-30(22)40-39(29)49-43(35)53-45(31)51(41(47)33(23)27)59(63)61(53)65-57(49)58-50(40)44(36)54-46(32)52-42(34)48(38(28)37)56(55)64(67)60(52)62(54)66(58)68(65,67)70(69,73-7-3)74-8-4/h5-8H2,1-4H3. The third-order valence-electron chi connectivity index (χ3n) is 26.1. The minimum absolute atomic E-state index is 0.478. The predicted molar refractivity (Wildman–Crippen MR) is 306 cm³/mol. The van der Waals surface area contributed by atoms with E-state index in [0.717, 1.165) is 0 Å². The average Bonchev–Trinajstić information content (AvgIpc) is 3.15. The van der Waals surface area contributed by atoms with E-state index < -0.39 is 22.4 Å². The van der Waals surface area contributed by atoms with Crippen molar-refractivity contribution in [1.29, 1.82) is 0 Å². The lowest BCUT2D eigenvalue weighted by molar-refractivity contribution is -0.508. The summed E-state index contributed by atoms with van der Waals surface area (Å²) in [4.78, 5) is 0. The van der Waals surface area contributed by atoms with Crippen LogP contribution < -0.4 is 0 Å². The van der Waals surface area contributed by atoms with E-state index >= 15 is 0 Å². The van der Waals surface area contributed by atoms with Crippen molar-refractivity contribution < 1.29 is 18.9 Å². The first-order valence-corrected chi connectivity index (χ1v) is 28.0. The van der Waals surface area contributed by atoms with Crippen LogP contribution in [0.15, 0.2) is 0 Å². The third-order valence-corrected chi connectivity index (χ3v) is 26.1. The van der Waals surface area contributed by atoms with Gasteiger partial charge in [0.25, 0.3) is 0 Å². The lowest BCUT2D eigenvalue weighted by Gasteiger charge is -2.78. The molecule has 4 nitrogen and oxygen atoms in total. The fraction of sp³-hybridized carbons (Fsp3) is 0.171. The van der Waals surface area contributed by atoms with Crippen molar-refractivity contribution in [2.45, 2.75) is 50.1 Å². The highest BCUT2D eigenvalue weighted by atomic mass is 16.8. The van der Waals surface area contributed by atoms with Crippen LogP contribution in [0.3, 0.4) is 0 Å². The first kappa shape index (κ1) is 29.9. The maximum Gasteiger partial charge on any atom is 0.240 e. The van der Waals surface area contributed by atoms with Crippen molar-refractivity contribution in [1.82, 2.24) is 0 Å². The molecule has 0 N–H and O–H groups in total. The van der Waals surface area contributed by atoms with E-state index in [1.807, 2.05) is 0 Å². The fourth-order valence-corrected chi connectivity index (χ4v) is 26.5. The normalized spacial score (nSPS) is 20.8. The molecule has 324 valence electrons. The van der Waals surface area contributed by atoms with Gasteiger partial charge in [-0.3, -0.25) is 0 Å². The molecule has 0 aromatic heterocycles. The highest BCUT2D eigenvalue weighted by molar-refractivity contribution is 6.82. The Morgan fingerprint density at radius 3 is 0.351 bits per heavy atom. The molecule has 5 aliphatic rings. The van der Waals surface area contributed by atoms with Crippen LogP contribution in [0.1, 0.15) is 49.9 Å². The lowest BCUT2D eigenvalue weighted by Crippen LogP contribution is -2.94. The van der Waals surface area contributed by atoms with Crippen LogP contribution in [0.5, 0.6) is 0 Å². The Hall–Kier alpha value is -7.70. The Morgan fingerprint density at radius 2 is 0.257 bits per heavy atom. The molecular weight excluding hydrogens is 905 g/mol. The van der Waals surface area contributed by atoms with Gasteiger partial charge in [-0.15, -0.1) is 0 Å². The van der Waals surface area contributed by atoms with E-state index in [0.29, 0.717) is 26.4 Å². The largest absolute Gasteiger partial charge is 0.345 e. The van der Waals surface area contributed by atoms with E-state index in [2.05, 4.69) is 27.7 Å². The van der Waals surface area contributed by atoms with Crippen LogP contribution in [0.4, 0.5) is 0 Å². The highest BCUT2D eigenvalue weighted by Gasteiger charge is 2.98. The molecule has 0 radical (unpaired) electrons. The van der Waals surface area contributed by atoms with Gasteiger partial charge in [-0.1, -0.05) is 0 Å². The molecule has 74 heavy (non-hydrogen) atoms. The van der Waals surface area contributed by atoms with Crippen molar-refractivity contribution in [3.05, 3.63) is 22.3 Å². The van der Waals surface area contributed by atoms with Gasteiger partial charge in [0.15, 0.2) is 0 Å². The molecule has 0 atom stereocenters. The van der Waals surface area contributed by atoms with Crippen LogP contribution in [0.25, 0.3) is 291 Å². The number of benzene rings is 18. The summed E-state index contributed by atoms with van der Waals surface area (Å²) in [5.41, 5.74) is 4.38. The monoisotopic (exact) mass is 924 g/mol. The van der Waals surface area contributed by atoms with Crippen LogP contribution in [-0.4, -0.2) is 38.0 Å². The van der Waals surface area contributed by atoms with Gasteiger partial charge in [0, 0.05) is 26.4 Å². The van der Waals surface area contributed by atoms with E-state index in [9.17, 15) is 0 Å². The molecule has 0 unspecified atom stereocenters. The first-order valence-electron chi connectivity index (χ1n) is 28.0. The third kappa shape index (κ3) is 1.55. The van der Waals surface area contributed by atoms with Gasteiger partial charge >= 0.3 is 0 Å². The molecule has 2 spiro atoms. The SMILES string of the molecule is CCOC1(OCC)C(OCC)(OCC)C23c4c5c6c7c8c9c(c%10c%11c2c2c4c4c%12c5c5c6c6c8c8c%13c9c9c%10c%10c%11c%11c2c2c4c4c%12c%12c5c5c6c8c6c8c%13c9c9c%10c%10c%11c2c2c4c4c%12c5c6c5c8c9c%10c2c45)C713. The molecule has 0 amide bonds. The summed E-state index contributed by atoms with van der Waals surface area (Å²) in [7, 11) is 0. The summed E-state index contributed by atoms with van der Waals surface area (Å²) in [6, 6.07) is 0. The van der Waals surface area contributed by atoms with E-state index in [-0.39, 0.29) is 0 Å². The van der Waals surface area contributed by atoms with Crippen molar-refractivity contribution in [3.8, 4) is 0 Å². The molecule has 1 fully saturated rings. The Kier molecular flexibility index (Phi) is 2.77. The maximum absolute atomic E-state index is 7.97. The highest BCUT2D eigenvalue weighted by Crippen LogP contribution is 2.92. The number of hydrogen-bond acceptors (Lipinski definition) is 4. The zero-order chi connectivity index (χ0) is 45.1. The van der Waals surface area contributed by atoms with Gasteiger partial charge < -0.3 is 18.9 Å². The van der Waals surface area contributed by atoms with Crippen molar-refractivity contribution in [2.75, 3.05) is 26.4 Å². The molecule has 0 aliphatic heterocycles. The molecule has 0 heterocycles. The van der Waals surface area contributed by atoms with Crippen LogP contribution in [0.2, 0.25) is 0 Å². The number of ether oxygens (including phenoxy) is 4. The average molecular weight is 925 g/mol. The maximum atomic E-state index is 7.97. The van der Waals surface area contributed by atoms with Crippen LogP contribution in [0, 0.1) is 0 Å². The molecule has 0 saturated heterocycles. The van der Waals surface area contributed by atoms with E-state index in [1.54, 1.807) is 248 Å². The summed E-state index contributed by atoms with van der Waals surface area (Å²) in [6.07, 6.45) is 0. The van der Waals surface area contributed by atoms with Gasteiger partial charge in [-0.25, -0.2) is 0 Å². The van der Waals surface area contributed by atoms with E-state index in [1.165, 1.54) is 65.3 Å². The molecule has 28 aromatic carbocycles. The lowest BCUT2D eigenvalue weighted by atomic mass is 9.32. The molecular formula is C70H20O4. The fourth-order valence-electron chi connectivity index (χ4n) is 26.5. The Bertz CT molecular complexity index is 6670. The van der Waals surface area contributed by atoms with Gasteiger partial charge in [0.2, 0.25) is 11.6 Å². The zero-order valence-electron chi connectivity index (χ0n) is 39.5. The van der Waals surface area contributed by atoms with Crippen molar-refractivity contribution in [3.63, 3.8) is 0 Å². The summed E-state index contributed by atoms with van der Waals surface area (Å²) >= 11 is 0. The Labute approximate surface area is 406 Å². The second kappa shape index (κ2) is 6.87. The number of hydrogen-bond donors (Lipinski definition) is 0. The minimum Gasteiger partial charge on any atom is -0.345 e. The van der Waals surface area contributed by atoms with Gasteiger partial charge in [0.05, 0.1) is 0 Å². The summed E-state index contributed by atoms with van der Waals surface area (Å²) < 4.78 is 31.9. The topological polar surface area (TPSA) is 36.9 Å². The predicted octanol–water partition coefficient (Wildman–Crippen LogP) is 17.8. The van der Waals surface area contributed by atoms with E-state index in [4.69, 9.17) is 18.9 Å². The summed E-state index contributed by atoms with van der Waals surface area (Å²) in [5, 5.41) is 85.3. The molecule has 1 saturated carbocycles. The second-order valence-corrected chi connectivity index (χ2v) is 26.2. The van der Waals surface area contributed by atoms with Crippen LogP contribution >= 0.6 is 0 Å². The first-order chi connectivity index (χ1) is 36.7. The Balaban J connectivity index is 1.17. The van der Waals surface area contributed by atoms with Crippen LogP contribution in [-0.2, 0) is 29.8 Å². The molecule has 33 rings (SSSR count). The summed E-state index contributed by atoms with van der Waals surface area (Å²) in [6.45, 7) is 10.7. The van der Waals surface area contributed by atoms with Gasteiger partial charge in [-0.05, 0) is 341 Å². The molecule has 28 aromatic rings. The van der Waals surface area contributed by atoms with Gasteiger partial charge in [-0.2, -0.15) is 0 Å². The Morgan fingerprint density at radius 1 is 0.162 bits per heavy atom. The molecule has 0 bridgehead atoms. The van der Waals surface area contributed by atoms with Crippen molar-refractivity contribution >= 4 is 291 Å². The second-order valence-electron chi connectivity index (χ2n) is 26.2. The summed E-state index contributed by atoms with van der Waals surface area (Å²) in [5.74, 6) is -2.64. The smallest absolute Gasteiger partial charge is 0.240 e. The zero-order valence-corrected chi connectivity index (χ0v) is 39.5. The van der Waals surface area contributed by atoms with Gasteiger partial charge in [0.1, 0.15) is 10.8 Å².